The maximum atomic E-state index is 11.1. The number of nitrogens with two attached hydrogens (primary N) is 1. The third-order valence-electron chi connectivity index (χ3n) is 3.68. The molecule has 4 nitrogen and oxygen atoms in total. The predicted molar refractivity (Wildman–Crippen MR) is 74.9 cm³/mol. The quantitative estimate of drug-likeness (QED) is 0.767. The van der Waals surface area contributed by atoms with Gasteiger partial charge in [0.25, 0.3) is 0 Å². The zero-order valence-electron chi connectivity index (χ0n) is 11.2. The largest absolute Gasteiger partial charge is 0.492 e. The molecule has 1 amide bonds. The molecule has 19 heavy (non-hydrogen) atoms. The number of primary amides is 1. The normalized spacial score (nSPS) is 22.9. The molecule has 0 radical (unpaired) electrons. The molecule has 0 aliphatic heterocycles. The second kappa shape index (κ2) is 7.14. The molecule has 4 heteroatoms. The lowest BCUT2D eigenvalue weighted by atomic mass is 9.85. The third kappa shape index (κ3) is 4.56. The molecular formula is C15H22N2O2. The summed E-state index contributed by atoms with van der Waals surface area (Å²) in [5, 5.41) is 3.47. The maximum Gasteiger partial charge on any atom is 0.220 e. The molecule has 0 atom stereocenters. The Hall–Kier alpha value is -1.55. The van der Waals surface area contributed by atoms with Gasteiger partial charge < -0.3 is 15.8 Å². The highest BCUT2D eigenvalue weighted by molar-refractivity contribution is 5.76. The monoisotopic (exact) mass is 262 g/mol. The van der Waals surface area contributed by atoms with E-state index >= 15 is 0 Å². The molecule has 1 aliphatic carbocycles. The van der Waals surface area contributed by atoms with Crippen LogP contribution in [0.5, 0.6) is 5.75 Å². The number of hydrogen-bond acceptors (Lipinski definition) is 3. The van der Waals surface area contributed by atoms with Crippen molar-refractivity contribution < 1.29 is 9.53 Å². The van der Waals surface area contributed by atoms with Crippen LogP contribution < -0.4 is 15.8 Å². The van der Waals surface area contributed by atoms with Gasteiger partial charge in [-0.25, -0.2) is 0 Å². The molecular weight excluding hydrogens is 240 g/mol. The summed E-state index contributed by atoms with van der Waals surface area (Å²) in [4.78, 5) is 11.1. The summed E-state index contributed by atoms with van der Waals surface area (Å²) in [6.45, 7) is 1.50. The van der Waals surface area contributed by atoms with Gasteiger partial charge in [-0.05, 0) is 37.8 Å². The second-order valence-corrected chi connectivity index (χ2v) is 5.07. The Labute approximate surface area is 114 Å². The fourth-order valence-corrected chi connectivity index (χ4v) is 2.53. The Morgan fingerprint density at radius 1 is 1.21 bits per heavy atom. The maximum absolute atomic E-state index is 11.1. The number of carbonyl (C=O) groups is 1. The van der Waals surface area contributed by atoms with Gasteiger partial charge in [-0.15, -0.1) is 0 Å². The summed E-state index contributed by atoms with van der Waals surface area (Å²) < 4.78 is 5.62. The van der Waals surface area contributed by atoms with Gasteiger partial charge in [0, 0.05) is 18.5 Å². The van der Waals surface area contributed by atoms with Gasteiger partial charge in [0.1, 0.15) is 12.4 Å². The molecule has 3 N–H and O–H groups in total. The molecule has 0 heterocycles. The lowest BCUT2D eigenvalue weighted by Crippen LogP contribution is -2.38. The SMILES string of the molecule is NC(=O)C1CCC(NCCOc2ccccc2)CC1. The summed E-state index contributed by atoms with van der Waals surface area (Å²) in [5.41, 5.74) is 5.32. The van der Waals surface area contributed by atoms with Crippen molar-refractivity contribution in [2.24, 2.45) is 11.7 Å². The highest BCUT2D eigenvalue weighted by atomic mass is 16.5. The highest BCUT2D eigenvalue weighted by Crippen LogP contribution is 2.23. The van der Waals surface area contributed by atoms with E-state index in [1.807, 2.05) is 30.3 Å². The van der Waals surface area contributed by atoms with Crippen molar-refractivity contribution in [3.63, 3.8) is 0 Å². The minimum atomic E-state index is -0.147. The van der Waals surface area contributed by atoms with Gasteiger partial charge in [0.15, 0.2) is 0 Å². The smallest absolute Gasteiger partial charge is 0.220 e. The van der Waals surface area contributed by atoms with Crippen LogP contribution in [-0.4, -0.2) is 25.1 Å². The van der Waals surface area contributed by atoms with E-state index in [1.165, 1.54) is 0 Å². The number of nitrogens with one attached hydrogen (secondary N) is 1. The van der Waals surface area contributed by atoms with Crippen LogP contribution in [0.3, 0.4) is 0 Å². The van der Waals surface area contributed by atoms with Crippen LogP contribution in [0.4, 0.5) is 0 Å². The zero-order valence-corrected chi connectivity index (χ0v) is 11.2. The average Bonchev–Trinajstić information content (AvgIpc) is 2.45. The van der Waals surface area contributed by atoms with Gasteiger partial charge in [-0.1, -0.05) is 18.2 Å². The molecule has 1 aromatic carbocycles. The van der Waals surface area contributed by atoms with E-state index in [0.717, 1.165) is 38.0 Å². The molecule has 1 saturated carbocycles. The van der Waals surface area contributed by atoms with E-state index < -0.39 is 0 Å². The van der Waals surface area contributed by atoms with Crippen molar-refractivity contribution in [3.05, 3.63) is 30.3 Å². The van der Waals surface area contributed by atoms with Crippen LogP contribution >= 0.6 is 0 Å². The second-order valence-electron chi connectivity index (χ2n) is 5.07. The Bertz CT molecular complexity index is 386. The van der Waals surface area contributed by atoms with Crippen LogP contribution in [0.2, 0.25) is 0 Å². The highest BCUT2D eigenvalue weighted by Gasteiger charge is 2.23. The van der Waals surface area contributed by atoms with Crippen LogP contribution in [0.15, 0.2) is 30.3 Å². The first-order valence-corrected chi connectivity index (χ1v) is 6.96. The van der Waals surface area contributed by atoms with E-state index in [2.05, 4.69) is 5.32 Å². The first-order chi connectivity index (χ1) is 9.25. The van der Waals surface area contributed by atoms with Crippen molar-refractivity contribution in [2.75, 3.05) is 13.2 Å². The summed E-state index contributed by atoms with van der Waals surface area (Å²) in [6, 6.07) is 10.3. The fraction of sp³-hybridized carbons (Fsp3) is 0.533. The van der Waals surface area contributed by atoms with Gasteiger partial charge in [0.05, 0.1) is 0 Å². The number of amides is 1. The first kappa shape index (κ1) is 13.9. The minimum absolute atomic E-state index is 0.0821. The zero-order chi connectivity index (χ0) is 13.5. The van der Waals surface area contributed by atoms with Crippen LogP contribution in [0.25, 0.3) is 0 Å². The van der Waals surface area contributed by atoms with E-state index in [0.29, 0.717) is 12.6 Å². The molecule has 1 aromatic rings. The number of ether oxygens (including phenoxy) is 1. The third-order valence-corrected chi connectivity index (χ3v) is 3.68. The van der Waals surface area contributed by atoms with E-state index in [4.69, 9.17) is 10.5 Å². The molecule has 0 unspecified atom stereocenters. The number of benzene rings is 1. The standard InChI is InChI=1S/C15H22N2O2/c16-15(18)12-6-8-13(9-7-12)17-10-11-19-14-4-2-1-3-5-14/h1-5,12-13,17H,6-11H2,(H2,16,18). The van der Waals surface area contributed by atoms with E-state index in [9.17, 15) is 4.79 Å². The van der Waals surface area contributed by atoms with Crippen LogP contribution in [-0.2, 0) is 4.79 Å². The molecule has 0 bridgehead atoms. The Morgan fingerprint density at radius 3 is 2.53 bits per heavy atom. The van der Waals surface area contributed by atoms with Crippen LogP contribution in [0, 0.1) is 5.92 Å². The molecule has 1 fully saturated rings. The summed E-state index contributed by atoms with van der Waals surface area (Å²) in [5.74, 6) is 0.839. The number of para-hydroxylation sites is 1. The molecule has 104 valence electrons. The summed E-state index contributed by atoms with van der Waals surface area (Å²) >= 11 is 0. The summed E-state index contributed by atoms with van der Waals surface area (Å²) in [6.07, 6.45) is 3.87. The predicted octanol–water partition coefficient (Wildman–Crippen LogP) is 1.70. The fourth-order valence-electron chi connectivity index (χ4n) is 2.53. The number of hydrogen-bond donors (Lipinski definition) is 2. The average molecular weight is 262 g/mol. The number of rotatable bonds is 6. The van der Waals surface area contributed by atoms with Gasteiger partial charge in [0.2, 0.25) is 5.91 Å². The topological polar surface area (TPSA) is 64.4 Å². The van der Waals surface area contributed by atoms with Crippen molar-refractivity contribution in [2.45, 2.75) is 31.7 Å². The van der Waals surface area contributed by atoms with Gasteiger partial charge in [-0.2, -0.15) is 0 Å². The van der Waals surface area contributed by atoms with E-state index in [1.54, 1.807) is 0 Å². The van der Waals surface area contributed by atoms with Crippen molar-refractivity contribution >= 4 is 5.91 Å². The molecule has 1 aliphatic rings. The Kier molecular flexibility index (Phi) is 5.21. The molecule has 0 saturated heterocycles. The van der Waals surface area contributed by atoms with Gasteiger partial charge >= 0.3 is 0 Å². The molecule has 2 rings (SSSR count). The first-order valence-electron chi connectivity index (χ1n) is 6.96. The molecule has 0 aromatic heterocycles. The Morgan fingerprint density at radius 2 is 1.89 bits per heavy atom. The summed E-state index contributed by atoms with van der Waals surface area (Å²) in [7, 11) is 0. The van der Waals surface area contributed by atoms with E-state index in [-0.39, 0.29) is 11.8 Å². The number of carbonyl (C=O) groups excluding carboxylic acids is 1. The van der Waals surface area contributed by atoms with Crippen LogP contribution in [0.1, 0.15) is 25.7 Å². The lowest BCUT2D eigenvalue weighted by molar-refractivity contribution is -0.122. The van der Waals surface area contributed by atoms with Crippen molar-refractivity contribution in [1.82, 2.24) is 5.32 Å². The minimum Gasteiger partial charge on any atom is -0.492 e. The van der Waals surface area contributed by atoms with Gasteiger partial charge in [-0.3, -0.25) is 4.79 Å². The van der Waals surface area contributed by atoms with Crippen molar-refractivity contribution in [1.29, 1.82) is 0 Å². The molecule has 0 spiro atoms. The Balaban J connectivity index is 1.58. The van der Waals surface area contributed by atoms with Crippen molar-refractivity contribution in [3.8, 4) is 5.75 Å². The lowest BCUT2D eigenvalue weighted by Gasteiger charge is -2.27.